The number of hydrogen-bond acceptors (Lipinski definition) is 3. The maximum Gasteiger partial charge on any atom is 0.0722 e. The van der Waals surface area contributed by atoms with Crippen LogP contribution in [0.1, 0.15) is 40.0 Å². The molecule has 0 saturated heterocycles. The third-order valence-electron chi connectivity index (χ3n) is 2.27. The standard InChI is InChI=1S/C10H23NO2/c1-4-6-7-9(12)10(11)8(3)13-5-2/h8-10,12H,4-7,11H2,1-3H3. The van der Waals surface area contributed by atoms with Gasteiger partial charge in [-0.2, -0.15) is 0 Å². The predicted molar refractivity (Wildman–Crippen MR) is 54.6 cm³/mol. The smallest absolute Gasteiger partial charge is 0.0722 e. The second kappa shape index (κ2) is 7.30. The molecule has 0 rings (SSSR count). The molecule has 0 spiro atoms. The normalized spacial score (nSPS) is 18.2. The lowest BCUT2D eigenvalue weighted by molar-refractivity contribution is 0.00933. The number of aliphatic hydroxyl groups excluding tert-OH is 1. The Morgan fingerprint density at radius 3 is 2.46 bits per heavy atom. The van der Waals surface area contributed by atoms with E-state index in [1.165, 1.54) is 0 Å². The fraction of sp³-hybridized carbons (Fsp3) is 1.00. The molecular weight excluding hydrogens is 166 g/mol. The van der Waals surface area contributed by atoms with Gasteiger partial charge >= 0.3 is 0 Å². The summed E-state index contributed by atoms with van der Waals surface area (Å²) >= 11 is 0. The molecule has 0 heterocycles. The minimum Gasteiger partial charge on any atom is -0.391 e. The summed E-state index contributed by atoms with van der Waals surface area (Å²) < 4.78 is 5.32. The van der Waals surface area contributed by atoms with E-state index in [1.807, 2.05) is 13.8 Å². The van der Waals surface area contributed by atoms with Gasteiger partial charge in [0, 0.05) is 6.61 Å². The molecule has 3 N–H and O–H groups in total. The van der Waals surface area contributed by atoms with E-state index in [0.29, 0.717) is 6.61 Å². The monoisotopic (exact) mass is 189 g/mol. The lowest BCUT2D eigenvalue weighted by atomic mass is 10.0. The summed E-state index contributed by atoms with van der Waals surface area (Å²) in [4.78, 5) is 0. The number of ether oxygens (including phenoxy) is 1. The van der Waals surface area contributed by atoms with Crippen molar-refractivity contribution in [2.75, 3.05) is 6.61 Å². The zero-order chi connectivity index (χ0) is 10.3. The van der Waals surface area contributed by atoms with E-state index in [4.69, 9.17) is 10.5 Å². The lowest BCUT2D eigenvalue weighted by Gasteiger charge is -2.24. The van der Waals surface area contributed by atoms with Crippen molar-refractivity contribution in [3.05, 3.63) is 0 Å². The van der Waals surface area contributed by atoms with E-state index in [9.17, 15) is 5.11 Å². The topological polar surface area (TPSA) is 55.5 Å². The SMILES string of the molecule is CCCCC(O)C(N)C(C)OCC. The first kappa shape index (κ1) is 12.9. The Labute approximate surface area is 81.3 Å². The van der Waals surface area contributed by atoms with Crippen molar-refractivity contribution in [1.29, 1.82) is 0 Å². The summed E-state index contributed by atoms with van der Waals surface area (Å²) in [5, 5.41) is 9.64. The van der Waals surface area contributed by atoms with Crippen molar-refractivity contribution >= 4 is 0 Å². The highest BCUT2D eigenvalue weighted by Gasteiger charge is 2.20. The zero-order valence-electron chi connectivity index (χ0n) is 8.99. The van der Waals surface area contributed by atoms with Crippen molar-refractivity contribution < 1.29 is 9.84 Å². The zero-order valence-corrected chi connectivity index (χ0v) is 8.99. The molecule has 0 aromatic heterocycles. The fourth-order valence-electron chi connectivity index (χ4n) is 1.29. The Morgan fingerprint density at radius 1 is 1.38 bits per heavy atom. The second-order valence-electron chi connectivity index (χ2n) is 3.45. The van der Waals surface area contributed by atoms with Gasteiger partial charge in [-0.15, -0.1) is 0 Å². The van der Waals surface area contributed by atoms with Crippen LogP contribution in [0.3, 0.4) is 0 Å². The van der Waals surface area contributed by atoms with Crippen molar-refractivity contribution in [3.63, 3.8) is 0 Å². The van der Waals surface area contributed by atoms with E-state index in [-0.39, 0.29) is 12.1 Å². The minimum atomic E-state index is -0.429. The summed E-state index contributed by atoms with van der Waals surface area (Å²) in [6, 6.07) is -0.258. The third kappa shape index (κ3) is 5.24. The van der Waals surface area contributed by atoms with Gasteiger partial charge in [-0.3, -0.25) is 0 Å². The van der Waals surface area contributed by atoms with Gasteiger partial charge in [0.15, 0.2) is 0 Å². The molecule has 3 nitrogen and oxygen atoms in total. The highest BCUT2D eigenvalue weighted by atomic mass is 16.5. The summed E-state index contributed by atoms with van der Waals surface area (Å²) in [5.41, 5.74) is 5.81. The van der Waals surface area contributed by atoms with E-state index in [0.717, 1.165) is 19.3 Å². The van der Waals surface area contributed by atoms with Crippen LogP contribution >= 0.6 is 0 Å². The molecule has 0 radical (unpaired) electrons. The predicted octanol–water partition coefficient (Wildman–Crippen LogP) is 1.29. The Balaban J connectivity index is 3.71. The van der Waals surface area contributed by atoms with Crippen molar-refractivity contribution in [2.24, 2.45) is 5.73 Å². The van der Waals surface area contributed by atoms with Gasteiger partial charge < -0.3 is 15.6 Å². The summed E-state index contributed by atoms with van der Waals surface area (Å²) in [6.45, 7) is 6.59. The Kier molecular flexibility index (Phi) is 7.23. The molecule has 0 saturated carbocycles. The first-order valence-corrected chi connectivity index (χ1v) is 5.18. The summed E-state index contributed by atoms with van der Waals surface area (Å²) in [6.07, 6.45) is 2.40. The minimum absolute atomic E-state index is 0.0585. The van der Waals surface area contributed by atoms with Crippen LogP contribution in [0.5, 0.6) is 0 Å². The van der Waals surface area contributed by atoms with E-state index in [1.54, 1.807) is 0 Å². The van der Waals surface area contributed by atoms with Crippen LogP contribution in [-0.2, 0) is 4.74 Å². The molecule has 0 bridgehead atoms. The maximum atomic E-state index is 9.64. The molecule has 0 fully saturated rings. The van der Waals surface area contributed by atoms with Crippen LogP contribution in [-0.4, -0.2) is 30.0 Å². The number of rotatable bonds is 7. The van der Waals surface area contributed by atoms with Gasteiger partial charge in [-0.25, -0.2) is 0 Å². The third-order valence-corrected chi connectivity index (χ3v) is 2.27. The molecule has 0 aliphatic heterocycles. The first-order valence-electron chi connectivity index (χ1n) is 5.18. The number of hydrogen-bond donors (Lipinski definition) is 2. The Morgan fingerprint density at radius 2 is 2.00 bits per heavy atom. The number of aliphatic hydroxyl groups is 1. The molecule has 3 heteroatoms. The van der Waals surface area contributed by atoms with Gasteiger partial charge in [0.1, 0.15) is 0 Å². The second-order valence-corrected chi connectivity index (χ2v) is 3.45. The van der Waals surface area contributed by atoms with Crippen LogP contribution < -0.4 is 5.73 Å². The summed E-state index contributed by atoms with van der Waals surface area (Å²) in [5.74, 6) is 0. The molecular formula is C10H23NO2. The van der Waals surface area contributed by atoms with Crippen molar-refractivity contribution in [3.8, 4) is 0 Å². The molecule has 0 aliphatic carbocycles. The van der Waals surface area contributed by atoms with Crippen LogP contribution in [0.4, 0.5) is 0 Å². The molecule has 3 unspecified atom stereocenters. The molecule has 3 atom stereocenters. The van der Waals surface area contributed by atoms with Gasteiger partial charge in [-0.1, -0.05) is 19.8 Å². The molecule has 0 amide bonds. The Bertz CT molecular complexity index is 119. The number of nitrogens with two attached hydrogens (primary N) is 1. The van der Waals surface area contributed by atoms with Crippen LogP contribution in [0.25, 0.3) is 0 Å². The van der Waals surface area contributed by atoms with Crippen molar-refractivity contribution in [1.82, 2.24) is 0 Å². The lowest BCUT2D eigenvalue weighted by Crippen LogP contribution is -2.44. The fourth-order valence-corrected chi connectivity index (χ4v) is 1.29. The largest absolute Gasteiger partial charge is 0.391 e. The van der Waals surface area contributed by atoms with Crippen molar-refractivity contribution in [2.45, 2.75) is 58.3 Å². The maximum absolute atomic E-state index is 9.64. The first-order chi connectivity index (χ1) is 6.13. The number of unbranched alkanes of at least 4 members (excludes halogenated alkanes) is 1. The van der Waals surface area contributed by atoms with E-state index >= 15 is 0 Å². The van der Waals surface area contributed by atoms with E-state index < -0.39 is 6.10 Å². The van der Waals surface area contributed by atoms with E-state index in [2.05, 4.69) is 6.92 Å². The quantitative estimate of drug-likeness (QED) is 0.634. The molecule has 80 valence electrons. The van der Waals surface area contributed by atoms with Gasteiger partial charge in [0.25, 0.3) is 0 Å². The Hall–Kier alpha value is -0.120. The highest BCUT2D eigenvalue weighted by Crippen LogP contribution is 2.08. The van der Waals surface area contributed by atoms with Crippen LogP contribution in [0.2, 0.25) is 0 Å². The van der Waals surface area contributed by atoms with Gasteiger partial charge in [-0.05, 0) is 20.3 Å². The molecule has 13 heavy (non-hydrogen) atoms. The average molecular weight is 189 g/mol. The van der Waals surface area contributed by atoms with Gasteiger partial charge in [0.2, 0.25) is 0 Å². The highest BCUT2D eigenvalue weighted by molar-refractivity contribution is 4.77. The molecule has 0 aliphatic rings. The van der Waals surface area contributed by atoms with Crippen LogP contribution in [0.15, 0.2) is 0 Å². The van der Waals surface area contributed by atoms with Gasteiger partial charge in [0.05, 0.1) is 18.2 Å². The summed E-state index contributed by atoms with van der Waals surface area (Å²) in [7, 11) is 0. The van der Waals surface area contributed by atoms with Crippen LogP contribution in [0, 0.1) is 0 Å². The average Bonchev–Trinajstić information content (AvgIpc) is 2.13. The molecule has 0 aromatic carbocycles. The molecule has 0 aromatic rings.